The third kappa shape index (κ3) is 2.99. The van der Waals surface area contributed by atoms with E-state index in [1.54, 1.807) is 26.0 Å². The molecule has 0 spiro atoms. The Bertz CT molecular complexity index is 308. The number of nitrogens with two attached hydrogens (primary N) is 1. The lowest BCUT2D eigenvalue weighted by Crippen LogP contribution is -2.40. The average Bonchev–Trinajstić information content (AvgIpc) is 2.21. The number of benzene rings is 1. The zero-order chi connectivity index (χ0) is 11.5. The molecule has 1 unspecified atom stereocenters. The number of halogens is 2. The Kier molecular flexibility index (Phi) is 3.80. The van der Waals surface area contributed by atoms with Crippen molar-refractivity contribution in [3.63, 3.8) is 0 Å². The van der Waals surface area contributed by atoms with Gasteiger partial charge in [0.05, 0.1) is 0 Å². The highest BCUT2D eigenvalue weighted by molar-refractivity contribution is 5.18. The Morgan fingerprint density at radius 3 is 2.20 bits per heavy atom. The van der Waals surface area contributed by atoms with Gasteiger partial charge in [0.2, 0.25) is 0 Å². The summed E-state index contributed by atoms with van der Waals surface area (Å²) >= 11 is 0. The molecule has 1 atom stereocenters. The fourth-order valence-corrected chi connectivity index (χ4v) is 1.45. The fourth-order valence-electron chi connectivity index (χ4n) is 1.45. The molecule has 84 valence electrons. The van der Waals surface area contributed by atoms with Gasteiger partial charge in [-0.3, -0.25) is 0 Å². The van der Waals surface area contributed by atoms with E-state index in [0.29, 0.717) is 0 Å². The van der Waals surface area contributed by atoms with E-state index < -0.39 is 5.67 Å². The van der Waals surface area contributed by atoms with Crippen molar-refractivity contribution < 1.29 is 8.78 Å². The van der Waals surface area contributed by atoms with Crippen LogP contribution in [-0.2, 0) is 6.42 Å². The number of hydrogen-bond acceptors (Lipinski definition) is 1. The van der Waals surface area contributed by atoms with Crippen molar-refractivity contribution in [2.24, 2.45) is 11.7 Å². The van der Waals surface area contributed by atoms with E-state index in [-0.39, 0.29) is 24.7 Å². The molecule has 3 heteroatoms. The summed E-state index contributed by atoms with van der Waals surface area (Å²) < 4.78 is 26.9. The van der Waals surface area contributed by atoms with Crippen molar-refractivity contribution in [3.05, 3.63) is 35.6 Å². The molecule has 1 aromatic carbocycles. The maximum atomic E-state index is 14.2. The second kappa shape index (κ2) is 4.71. The molecule has 1 rings (SSSR count). The summed E-state index contributed by atoms with van der Waals surface area (Å²) in [5.74, 6) is -0.451. The first-order chi connectivity index (χ1) is 6.98. The first-order valence-electron chi connectivity index (χ1n) is 5.11. The Morgan fingerprint density at radius 2 is 1.80 bits per heavy atom. The van der Waals surface area contributed by atoms with Crippen molar-refractivity contribution in [3.8, 4) is 0 Å². The van der Waals surface area contributed by atoms with Gasteiger partial charge in [0.25, 0.3) is 0 Å². The van der Waals surface area contributed by atoms with Crippen LogP contribution in [0.15, 0.2) is 24.3 Å². The molecule has 0 radical (unpaired) electrons. The van der Waals surface area contributed by atoms with Gasteiger partial charge in [0.1, 0.15) is 11.5 Å². The van der Waals surface area contributed by atoms with Gasteiger partial charge in [-0.05, 0) is 23.6 Å². The first-order valence-corrected chi connectivity index (χ1v) is 5.11. The van der Waals surface area contributed by atoms with Gasteiger partial charge >= 0.3 is 0 Å². The zero-order valence-corrected chi connectivity index (χ0v) is 9.13. The summed E-state index contributed by atoms with van der Waals surface area (Å²) in [6, 6.07) is 5.88. The zero-order valence-electron chi connectivity index (χ0n) is 9.13. The summed E-state index contributed by atoms with van der Waals surface area (Å²) in [4.78, 5) is 0. The molecule has 15 heavy (non-hydrogen) atoms. The lowest BCUT2D eigenvalue weighted by Gasteiger charge is -2.27. The molecule has 0 aliphatic carbocycles. The highest BCUT2D eigenvalue weighted by Gasteiger charge is 2.32. The maximum Gasteiger partial charge on any atom is 0.129 e. The lowest BCUT2D eigenvalue weighted by atomic mass is 9.86. The normalized spacial score (nSPS) is 15.3. The Balaban J connectivity index is 2.79. The summed E-state index contributed by atoms with van der Waals surface area (Å²) in [5.41, 5.74) is 4.81. The Morgan fingerprint density at radius 1 is 1.27 bits per heavy atom. The summed E-state index contributed by atoms with van der Waals surface area (Å²) in [5, 5.41) is 0. The SMILES string of the molecule is CC(C)C(F)(CN)Cc1ccc(F)cc1. The molecule has 2 N–H and O–H groups in total. The van der Waals surface area contributed by atoms with Gasteiger partial charge in [-0.25, -0.2) is 8.78 Å². The summed E-state index contributed by atoms with van der Waals surface area (Å²) in [7, 11) is 0. The molecule has 0 aliphatic rings. The Hall–Kier alpha value is -0.960. The molecular weight excluding hydrogens is 196 g/mol. The van der Waals surface area contributed by atoms with Crippen LogP contribution in [0.2, 0.25) is 0 Å². The Labute approximate surface area is 89.3 Å². The van der Waals surface area contributed by atoms with E-state index in [4.69, 9.17) is 5.73 Å². The predicted octanol–water partition coefficient (Wildman–Crippen LogP) is 2.69. The van der Waals surface area contributed by atoms with Crippen LogP contribution in [0.1, 0.15) is 19.4 Å². The standard InChI is InChI=1S/C12H17F2N/c1-9(2)12(14,8-15)7-10-3-5-11(13)6-4-10/h3-6,9H,7-8,15H2,1-2H3. The third-order valence-corrected chi connectivity index (χ3v) is 2.79. The minimum absolute atomic E-state index is 0.0119. The van der Waals surface area contributed by atoms with Crippen LogP contribution in [0.5, 0.6) is 0 Å². The first kappa shape index (κ1) is 12.1. The molecule has 0 fully saturated rings. The molecular formula is C12H17F2N. The third-order valence-electron chi connectivity index (χ3n) is 2.79. The van der Waals surface area contributed by atoms with Gasteiger partial charge in [-0.15, -0.1) is 0 Å². The molecule has 0 saturated carbocycles. The van der Waals surface area contributed by atoms with E-state index in [9.17, 15) is 8.78 Å². The fraction of sp³-hybridized carbons (Fsp3) is 0.500. The topological polar surface area (TPSA) is 26.0 Å². The van der Waals surface area contributed by atoms with E-state index in [1.165, 1.54) is 12.1 Å². The van der Waals surface area contributed by atoms with Crippen LogP contribution in [0.4, 0.5) is 8.78 Å². The quantitative estimate of drug-likeness (QED) is 0.817. The van der Waals surface area contributed by atoms with Gasteiger partial charge in [0.15, 0.2) is 0 Å². The van der Waals surface area contributed by atoms with Gasteiger partial charge in [0, 0.05) is 13.0 Å². The summed E-state index contributed by atoms with van der Waals surface area (Å²) in [6.45, 7) is 3.59. The van der Waals surface area contributed by atoms with E-state index in [0.717, 1.165) is 5.56 Å². The number of rotatable bonds is 4. The lowest BCUT2D eigenvalue weighted by molar-refractivity contribution is 0.110. The van der Waals surface area contributed by atoms with Gasteiger partial charge < -0.3 is 5.73 Å². The highest BCUT2D eigenvalue weighted by Crippen LogP contribution is 2.25. The van der Waals surface area contributed by atoms with Crippen molar-refractivity contribution in [1.82, 2.24) is 0 Å². The van der Waals surface area contributed by atoms with E-state index >= 15 is 0 Å². The van der Waals surface area contributed by atoms with Crippen molar-refractivity contribution >= 4 is 0 Å². The minimum Gasteiger partial charge on any atom is -0.328 e. The highest BCUT2D eigenvalue weighted by atomic mass is 19.1. The van der Waals surface area contributed by atoms with Gasteiger partial charge in [-0.1, -0.05) is 26.0 Å². The number of hydrogen-bond donors (Lipinski definition) is 1. The van der Waals surface area contributed by atoms with E-state index in [2.05, 4.69) is 0 Å². The number of alkyl halides is 1. The van der Waals surface area contributed by atoms with Crippen LogP contribution >= 0.6 is 0 Å². The molecule has 0 amide bonds. The minimum atomic E-state index is -1.40. The van der Waals surface area contributed by atoms with Crippen molar-refractivity contribution in [2.75, 3.05) is 6.54 Å². The van der Waals surface area contributed by atoms with Crippen LogP contribution < -0.4 is 5.73 Å². The monoisotopic (exact) mass is 213 g/mol. The second-order valence-electron chi connectivity index (χ2n) is 4.20. The van der Waals surface area contributed by atoms with Gasteiger partial charge in [-0.2, -0.15) is 0 Å². The van der Waals surface area contributed by atoms with E-state index in [1.807, 2.05) is 0 Å². The predicted molar refractivity (Wildman–Crippen MR) is 57.8 cm³/mol. The molecule has 0 aliphatic heterocycles. The van der Waals surface area contributed by atoms with Crippen molar-refractivity contribution in [2.45, 2.75) is 25.9 Å². The van der Waals surface area contributed by atoms with Crippen molar-refractivity contribution in [1.29, 1.82) is 0 Å². The molecule has 0 aromatic heterocycles. The molecule has 1 nitrogen and oxygen atoms in total. The summed E-state index contributed by atoms with van der Waals surface area (Å²) in [6.07, 6.45) is 0.238. The molecule has 1 aromatic rings. The molecule has 0 saturated heterocycles. The maximum absolute atomic E-state index is 14.2. The van der Waals surface area contributed by atoms with Crippen LogP contribution in [0.25, 0.3) is 0 Å². The van der Waals surface area contributed by atoms with Crippen LogP contribution in [-0.4, -0.2) is 12.2 Å². The average molecular weight is 213 g/mol. The largest absolute Gasteiger partial charge is 0.328 e. The second-order valence-corrected chi connectivity index (χ2v) is 4.20. The molecule has 0 bridgehead atoms. The van der Waals surface area contributed by atoms with Crippen LogP contribution in [0.3, 0.4) is 0 Å². The molecule has 0 heterocycles. The smallest absolute Gasteiger partial charge is 0.129 e. The van der Waals surface area contributed by atoms with Crippen LogP contribution in [0, 0.1) is 11.7 Å².